The zero-order valence-electron chi connectivity index (χ0n) is 11.6. The fourth-order valence-electron chi connectivity index (χ4n) is 4.01. The maximum Gasteiger partial charge on any atom is 0.269 e. The van der Waals surface area contributed by atoms with Gasteiger partial charge in [-0.3, -0.25) is 0 Å². The van der Waals surface area contributed by atoms with Crippen molar-refractivity contribution >= 4 is 0 Å². The predicted molar refractivity (Wildman–Crippen MR) is 71.6 cm³/mol. The number of hydrogen-bond donors (Lipinski definition) is 0. The van der Waals surface area contributed by atoms with Gasteiger partial charge in [-0.25, -0.2) is 0 Å². The second-order valence-electron chi connectivity index (χ2n) is 6.27. The van der Waals surface area contributed by atoms with Gasteiger partial charge in [0.2, 0.25) is 0 Å². The van der Waals surface area contributed by atoms with Crippen LogP contribution >= 0.6 is 0 Å². The molecule has 2 saturated carbocycles. The van der Waals surface area contributed by atoms with Crippen molar-refractivity contribution in [3.05, 3.63) is 11.7 Å². The molecule has 0 bridgehead atoms. The van der Waals surface area contributed by atoms with Crippen molar-refractivity contribution in [1.29, 1.82) is 0 Å². The Morgan fingerprint density at radius 3 is 2.00 bits per heavy atom. The maximum absolute atomic E-state index is 12.5. The van der Waals surface area contributed by atoms with Gasteiger partial charge in [0.1, 0.15) is 0 Å². The van der Waals surface area contributed by atoms with Crippen molar-refractivity contribution in [1.82, 2.24) is 0 Å². The molecule has 104 valence electrons. The summed E-state index contributed by atoms with van der Waals surface area (Å²) >= 11 is 0. The van der Waals surface area contributed by atoms with Gasteiger partial charge < -0.3 is 0 Å². The van der Waals surface area contributed by atoms with E-state index >= 15 is 0 Å². The van der Waals surface area contributed by atoms with E-state index in [2.05, 4.69) is 6.92 Å². The Morgan fingerprint density at radius 1 is 0.944 bits per heavy atom. The molecule has 0 saturated heterocycles. The molecule has 0 heterocycles. The van der Waals surface area contributed by atoms with Crippen LogP contribution in [-0.2, 0) is 0 Å². The van der Waals surface area contributed by atoms with E-state index < -0.39 is 6.08 Å². The zero-order valence-corrected chi connectivity index (χ0v) is 11.6. The Hall–Kier alpha value is -0.400. The van der Waals surface area contributed by atoms with Gasteiger partial charge in [-0.1, -0.05) is 32.6 Å². The quantitative estimate of drug-likeness (QED) is 0.586. The highest BCUT2D eigenvalue weighted by molar-refractivity contribution is 5.06. The number of halogens is 2. The van der Waals surface area contributed by atoms with Gasteiger partial charge in [0.15, 0.2) is 0 Å². The molecular formula is C16H26F2. The summed E-state index contributed by atoms with van der Waals surface area (Å²) in [6, 6.07) is 0. The Bertz CT molecular complexity index is 273. The van der Waals surface area contributed by atoms with Crippen LogP contribution in [0.5, 0.6) is 0 Å². The van der Waals surface area contributed by atoms with Crippen LogP contribution < -0.4 is 0 Å². The van der Waals surface area contributed by atoms with E-state index in [9.17, 15) is 8.78 Å². The third-order valence-corrected chi connectivity index (χ3v) is 5.16. The van der Waals surface area contributed by atoms with E-state index in [1.807, 2.05) is 0 Å². The van der Waals surface area contributed by atoms with Crippen LogP contribution in [0, 0.1) is 17.8 Å². The molecule has 18 heavy (non-hydrogen) atoms. The normalized spacial score (nSPS) is 33.5. The minimum Gasteiger partial charge on any atom is -0.173 e. The summed E-state index contributed by atoms with van der Waals surface area (Å²) < 4.78 is 25.0. The highest BCUT2D eigenvalue weighted by Crippen LogP contribution is 2.42. The van der Waals surface area contributed by atoms with Crippen molar-refractivity contribution in [2.24, 2.45) is 17.8 Å². The van der Waals surface area contributed by atoms with Crippen LogP contribution in [0.25, 0.3) is 0 Å². The summed E-state index contributed by atoms with van der Waals surface area (Å²) in [6.07, 6.45) is 10.1. The fourth-order valence-corrected chi connectivity index (χ4v) is 4.01. The molecule has 0 spiro atoms. The molecule has 0 aromatic rings. The summed E-state index contributed by atoms with van der Waals surface area (Å²) in [4.78, 5) is 0. The SMILES string of the molecule is CCCC1CCC(C2CCC(=C(F)F)CC2)CC1. The van der Waals surface area contributed by atoms with Gasteiger partial charge in [-0.2, -0.15) is 8.78 Å². The van der Waals surface area contributed by atoms with E-state index in [1.165, 1.54) is 38.5 Å². The smallest absolute Gasteiger partial charge is 0.173 e. The highest BCUT2D eigenvalue weighted by Gasteiger charge is 2.29. The Kier molecular flexibility index (Phi) is 5.20. The predicted octanol–water partition coefficient (Wildman–Crippen LogP) is 5.93. The number of rotatable bonds is 3. The van der Waals surface area contributed by atoms with Crippen molar-refractivity contribution in [3.63, 3.8) is 0 Å². The molecule has 2 aliphatic rings. The average molecular weight is 256 g/mol. The third-order valence-electron chi connectivity index (χ3n) is 5.16. The van der Waals surface area contributed by atoms with Crippen molar-refractivity contribution in [2.45, 2.75) is 71.1 Å². The second-order valence-corrected chi connectivity index (χ2v) is 6.27. The van der Waals surface area contributed by atoms with Crippen LogP contribution in [0.2, 0.25) is 0 Å². The fraction of sp³-hybridized carbons (Fsp3) is 0.875. The summed E-state index contributed by atoms with van der Waals surface area (Å²) in [5.74, 6) is 2.52. The first-order chi connectivity index (χ1) is 8.70. The molecule has 0 aromatic carbocycles. The monoisotopic (exact) mass is 256 g/mol. The van der Waals surface area contributed by atoms with Crippen molar-refractivity contribution in [3.8, 4) is 0 Å². The molecule has 0 atom stereocenters. The first-order valence-electron chi connectivity index (χ1n) is 7.73. The first kappa shape index (κ1) is 14.0. The van der Waals surface area contributed by atoms with E-state index in [0.717, 1.165) is 30.6 Å². The van der Waals surface area contributed by atoms with Crippen LogP contribution in [0.1, 0.15) is 71.1 Å². The third kappa shape index (κ3) is 3.55. The Balaban J connectivity index is 1.76. The molecule has 0 nitrogen and oxygen atoms in total. The lowest BCUT2D eigenvalue weighted by molar-refractivity contribution is 0.171. The van der Waals surface area contributed by atoms with Gasteiger partial charge in [0.25, 0.3) is 6.08 Å². The molecule has 2 rings (SSSR count). The van der Waals surface area contributed by atoms with Gasteiger partial charge in [0.05, 0.1) is 0 Å². The lowest BCUT2D eigenvalue weighted by Crippen LogP contribution is -2.24. The van der Waals surface area contributed by atoms with E-state index in [1.54, 1.807) is 0 Å². The molecule has 0 N–H and O–H groups in total. The van der Waals surface area contributed by atoms with Gasteiger partial charge in [0, 0.05) is 0 Å². The topological polar surface area (TPSA) is 0 Å². The average Bonchev–Trinajstić information content (AvgIpc) is 2.40. The van der Waals surface area contributed by atoms with Crippen molar-refractivity contribution in [2.75, 3.05) is 0 Å². The molecule has 0 unspecified atom stereocenters. The lowest BCUT2D eigenvalue weighted by Gasteiger charge is -2.36. The lowest BCUT2D eigenvalue weighted by atomic mass is 9.70. The van der Waals surface area contributed by atoms with Crippen LogP contribution in [0.15, 0.2) is 11.7 Å². The van der Waals surface area contributed by atoms with Crippen LogP contribution in [0.3, 0.4) is 0 Å². The molecule has 0 aromatic heterocycles. The summed E-state index contributed by atoms with van der Waals surface area (Å²) in [5.41, 5.74) is 0.436. The summed E-state index contributed by atoms with van der Waals surface area (Å²) in [5, 5.41) is 0. The number of hydrogen-bond acceptors (Lipinski definition) is 0. The minimum atomic E-state index is -1.40. The molecule has 0 aliphatic heterocycles. The minimum absolute atomic E-state index is 0.436. The molecule has 2 fully saturated rings. The van der Waals surface area contributed by atoms with Gasteiger partial charge >= 0.3 is 0 Å². The van der Waals surface area contributed by atoms with Crippen LogP contribution in [-0.4, -0.2) is 0 Å². The maximum atomic E-state index is 12.5. The van der Waals surface area contributed by atoms with E-state index in [-0.39, 0.29) is 0 Å². The largest absolute Gasteiger partial charge is 0.269 e. The molecule has 0 amide bonds. The number of allylic oxidation sites excluding steroid dienone is 1. The first-order valence-corrected chi connectivity index (χ1v) is 7.73. The van der Waals surface area contributed by atoms with Crippen LogP contribution in [0.4, 0.5) is 8.78 Å². The van der Waals surface area contributed by atoms with E-state index in [0.29, 0.717) is 18.4 Å². The highest BCUT2D eigenvalue weighted by atomic mass is 19.3. The standard InChI is InChI=1S/C16H26F2/c1-2-3-12-4-6-13(7-5-12)14-8-10-15(11-9-14)16(17)18/h12-14H,2-11H2,1H3. The molecule has 2 heteroatoms. The Labute approximate surface area is 110 Å². The summed E-state index contributed by atoms with van der Waals surface area (Å²) in [7, 11) is 0. The van der Waals surface area contributed by atoms with Gasteiger partial charge in [-0.15, -0.1) is 0 Å². The zero-order chi connectivity index (χ0) is 13.0. The molecule has 0 radical (unpaired) electrons. The second kappa shape index (κ2) is 6.68. The van der Waals surface area contributed by atoms with E-state index in [4.69, 9.17) is 0 Å². The molecule has 2 aliphatic carbocycles. The Morgan fingerprint density at radius 2 is 1.50 bits per heavy atom. The van der Waals surface area contributed by atoms with Crippen molar-refractivity contribution < 1.29 is 8.78 Å². The molecular weight excluding hydrogens is 230 g/mol. The summed E-state index contributed by atoms with van der Waals surface area (Å²) in [6.45, 7) is 2.27. The van der Waals surface area contributed by atoms with Gasteiger partial charge in [-0.05, 0) is 61.9 Å².